The minimum Gasteiger partial charge on any atom is -0.492 e. The zero-order valence-electron chi connectivity index (χ0n) is 34.2. The second kappa shape index (κ2) is 22.0. The van der Waals surface area contributed by atoms with Crippen molar-refractivity contribution < 1.29 is 39.2 Å². The van der Waals surface area contributed by atoms with Gasteiger partial charge >= 0.3 is 17.9 Å². The molecule has 3 saturated heterocycles. The van der Waals surface area contributed by atoms with Gasteiger partial charge in [0.25, 0.3) is 0 Å². The van der Waals surface area contributed by atoms with E-state index in [4.69, 9.17) is 4.74 Å². The minimum absolute atomic E-state index is 0.0522. The van der Waals surface area contributed by atoms with Crippen molar-refractivity contribution in [1.82, 2.24) is 20.9 Å². The van der Waals surface area contributed by atoms with Gasteiger partial charge in [-0.1, -0.05) is 60.7 Å². The summed E-state index contributed by atoms with van der Waals surface area (Å²) in [7, 11) is 0. The predicted molar refractivity (Wildman–Crippen MR) is 225 cm³/mol. The normalized spacial score (nSPS) is 21.1. The Kier molecular flexibility index (Phi) is 16.3. The number of aliphatic carboxylic acids is 3. The molecule has 59 heavy (non-hydrogen) atoms. The van der Waals surface area contributed by atoms with Gasteiger partial charge in [-0.3, -0.25) is 19.2 Å². The number of nitrogens with one attached hydrogen (secondary N) is 3. The summed E-state index contributed by atoms with van der Waals surface area (Å²) in [5.41, 5.74) is 4.39. The summed E-state index contributed by atoms with van der Waals surface area (Å²) in [5.74, 6) is -3.23. The molecule has 3 fully saturated rings. The number of benzene rings is 3. The van der Waals surface area contributed by atoms with Crippen LogP contribution in [0.5, 0.6) is 5.75 Å². The highest BCUT2D eigenvalue weighted by atomic mass is 16.5. The van der Waals surface area contributed by atoms with Crippen LogP contribution in [0.4, 0.5) is 0 Å². The molecule has 12 nitrogen and oxygen atoms in total. The lowest BCUT2D eigenvalue weighted by Crippen LogP contribution is -2.38. The van der Waals surface area contributed by atoms with Gasteiger partial charge in [0.1, 0.15) is 12.4 Å². The summed E-state index contributed by atoms with van der Waals surface area (Å²) in [6.07, 6.45) is 6.85. The number of rotatable bonds is 20. The number of carbonyl (C=O) groups excluding carboxylic acids is 1. The van der Waals surface area contributed by atoms with Crippen molar-refractivity contribution in [2.75, 3.05) is 52.4 Å². The van der Waals surface area contributed by atoms with Crippen molar-refractivity contribution in [3.05, 3.63) is 101 Å². The fraction of sp³-hybridized carbons (Fsp3) is 0.532. The SMILES string of the molecule is O=C(O)[C@@H](Cc1cccc(CC(=O)N(CCOc2cccc(C[C@H](C(=O)O)[C@H]3CCCNC3)c2)Cc2cccc(C[C@H](C(=O)O)[C@H]3CCCNC3)c2)c1)[C@H]1CCCNC1. The minimum atomic E-state index is -0.799. The number of carboxylic acids is 3. The Morgan fingerprint density at radius 1 is 0.593 bits per heavy atom. The van der Waals surface area contributed by atoms with Crippen molar-refractivity contribution in [2.24, 2.45) is 35.5 Å². The third-order valence-electron chi connectivity index (χ3n) is 12.6. The summed E-state index contributed by atoms with van der Waals surface area (Å²) in [5, 5.41) is 40.3. The third kappa shape index (κ3) is 13.1. The van der Waals surface area contributed by atoms with Crippen LogP contribution in [0, 0.1) is 35.5 Å². The molecule has 0 radical (unpaired) electrons. The van der Waals surface area contributed by atoms with E-state index in [2.05, 4.69) is 16.0 Å². The highest BCUT2D eigenvalue weighted by Gasteiger charge is 2.32. The van der Waals surface area contributed by atoms with Crippen molar-refractivity contribution in [2.45, 2.75) is 70.8 Å². The number of hydrogen-bond donors (Lipinski definition) is 6. The first kappa shape index (κ1) is 43.8. The topological polar surface area (TPSA) is 178 Å². The Labute approximate surface area is 348 Å². The van der Waals surface area contributed by atoms with E-state index in [0.717, 1.165) is 86.0 Å². The van der Waals surface area contributed by atoms with E-state index in [0.29, 0.717) is 51.2 Å². The van der Waals surface area contributed by atoms with Crippen LogP contribution < -0.4 is 20.7 Å². The van der Waals surface area contributed by atoms with Crippen LogP contribution >= 0.6 is 0 Å². The average molecular weight is 811 g/mol. The van der Waals surface area contributed by atoms with Gasteiger partial charge in [-0.05, 0) is 155 Å². The average Bonchev–Trinajstić information content (AvgIpc) is 3.24. The van der Waals surface area contributed by atoms with Crippen LogP contribution in [-0.4, -0.2) is 96.5 Å². The molecule has 6 rings (SSSR count). The number of carbonyl (C=O) groups is 4. The highest BCUT2D eigenvalue weighted by Crippen LogP contribution is 2.28. The molecular formula is C47H62N4O8. The molecule has 1 amide bonds. The van der Waals surface area contributed by atoms with Crippen LogP contribution in [0.25, 0.3) is 0 Å². The smallest absolute Gasteiger partial charge is 0.307 e. The van der Waals surface area contributed by atoms with E-state index >= 15 is 0 Å². The van der Waals surface area contributed by atoms with E-state index in [9.17, 15) is 34.5 Å². The van der Waals surface area contributed by atoms with E-state index in [1.165, 1.54) is 0 Å². The van der Waals surface area contributed by atoms with E-state index < -0.39 is 35.7 Å². The molecule has 0 unspecified atom stereocenters. The molecular weight excluding hydrogens is 749 g/mol. The molecule has 6 N–H and O–H groups in total. The largest absolute Gasteiger partial charge is 0.492 e. The Morgan fingerprint density at radius 2 is 1.02 bits per heavy atom. The monoisotopic (exact) mass is 810 g/mol. The maximum atomic E-state index is 14.2. The molecule has 3 aliphatic heterocycles. The molecule has 0 saturated carbocycles. The fourth-order valence-electron chi connectivity index (χ4n) is 9.35. The highest BCUT2D eigenvalue weighted by molar-refractivity contribution is 5.79. The van der Waals surface area contributed by atoms with Crippen LogP contribution in [0.15, 0.2) is 72.8 Å². The van der Waals surface area contributed by atoms with Crippen molar-refractivity contribution in [3.63, 3.8) is 0 Å². The number of nitrogens with zero attached hydrogens (tertiary/aromatic N) is 1. The first-order valence-electron chi connectivity index (χ1n) is 21.6. The number of carboxylic acid groups (broad SMARTS) is 3. The Morgan fingerprint density at radius 3 is 1.47 bits per heavy atom. The molecule has 6 atom stereocenters. The molecule has 0 aromatic heterocycles. The quantitative estimate of drug-likeness (QED) is 0.0899. The first-order chi connectivity index (χ1) is 28.6. The molecule has 0 aliphatic carbocycles. The molecule has 3 aromatic carbocycles. The second-order valence-electron chi connectivity index (χ2n) is 16.9. The van der Waals surface area contributed by atoms with Gasteiger partial charge in [0, 0.05) is 6.54 Å². The maximum Gasteiger partial charge on any atom is 0.307 e. The lowest BCUT2D eigenvalue weighted by molar-refractivity contribution is -0.144. The molecule has 0 spiro atoms. The molecule has 3 aromatic rings. The van der Waals surface area contributed by atoms with E-state index in [1.54, 1.807) is 4.90 Å². The van der Waals surface area contributed by atoms with Crippen LogP contribution in [0.1, 0.15) is 66.3 Å². The Hall–Kier alpha value is -4.78. The third-order valence-corrected chi connectivity index (χ3v) is 12.6. The summed E-state index contributed by atoms with van der Waals surface area (Å²) in [4.78, 5) is 53.0. The predicted octanol–water partition coefficient (Wildman–Crippen LogP) is 5.07. The molecule has 3 heterocycles. The van der Waals surface area contributed by atoms with Crippen LogP contribution in [0.3, 0.4) is 0 Å². The number of piperidine rings is 3. The fourth-order valence-corrected chi connectivity index (χ4v) is 9.35. The van der Waals surface area contributed by atoms with Crippen molar-refractivity contribution in [1.29, 1.82) is 0 Å². The van der Waals surface area contributed by atoms with Gasteiger partial charge in [0.2, 0.25) is 5.91 Å². The second-order valence-corrected chi connectivity index (χ2v) is 16.9. The van der Waals surface area contributed by atoms with Crippen molar-refractivity contribution >= 4 is 23.8 Å². The van der Waals surface area contributed by atoms with Gasteiger partial charge < -0.3 is 40.9 Å². The van der Waals surface area contributed by atoms with Gasteiger partial charge in [-0.2, -0.15) is 0 Å². The number of ether oxygens (including phenoxy) is 1. The number of amides is 1. The van der Waals surface area contributed by atoms with E-state index in [-0.39, 0.29) is 43.2 Å². The summed E-state index contributed by atoms with van der Waals surface area (Å²) in [6, 6.07) is 23.1. The van der Waals surface area contributed by atoms with E-state index in [1.807, 2.05) is 72.8 Å². The summed E-state index contributed by atoms with van der Waals surface area (Å²) < 4.78 is 6.23. The zero-order valence-corrected chi connectivity index (χ0v) is 34.2. The van der Waals surface area contributed by atoms with Crippen LogP contribution in [0.2, 0.25) is 0 Å². The molecule has 0 bridgehead atoms. The molecule has 3 aliphatic rings. The number of hydrogen-bond acceptors (Lipinski definition) is 8. The maximum absolute atomic E-state index is 14.2. The Balaban J connectivity index is 1.16. The van der Waals surface area contributed by atoms with Gasteiger partial charge in [-0.25, -0.2) is 0 Å². The summed E-state index contributed by atoms with van der Waals surface area (Å²) in [6.45, 7) is 5.59. The standard InChI is InChI=1S/C47H62N4O8/c52-44(27-34-9-1-7-32(21-34)24-41(45(53)54)37-12-4-16-48-28-37)51(31-36-11-2-8-33(22-36)25-42(46(55)56)38-13-5-17-49-29-38)19-20-59-40-15-3-10-35(23-40)26-43(47(57)58)39-14-6-18-50-30-39/h1-3,7-11,15,21-23,37-39,41-43,48-50H,4-6,12-14,16-20,24-31H2,(H,53,54)(H,55,56)(H,57,58)/t37-,38-,39-,41-,42-,43-/m0/s1. The molecule has 318 valence electrons. The van der Waals surface area contributed by atoms with Gasteiger partial charge in [-0.15, -0.1) is 0 Å². The first-order valence-corrected chi connectivity index (χ1v) is 21.6. The summed E-state index contributed by atoms with van der Waals surface area (Å²) >= 11 is 0. The van der Waals surface area contributed by atoms with Crippen LogP contribution in [-0.2, 0) is 51.4 Å². The van der Waals surface area contributed by atoms with Crippen molar-refractivity contribution in [3.8, 4) is 5.75 Å². The lowest BCUT2D eigenvalue weighted by atomic mass is 9.82. The van der Waals surface area contributed by atoms with Gasteiger partial charge in [0.15, 0.2) is 0 Å². The molecule has 12 heteroatoms. The zero-order chi connectivity index (χ0) is 41.6. The van der Waals surface area contributed by atoms with Gasteiger partial charge in [0.05, 0.1) is 30.7 Å². The Bertz CT molecular complexity index is 1850. The lowest BCUT2D eigenvalue weighted by Gasteiger charge is -2.28.